The third kappa shape index (κ3) is 2.53. The Morgan fingerprint density at radius 3 is 1.46 bits per heavy atom. The predicted molar refractivity (Wildman–Crippen MR) is 66.3 cm³/mol. The van der Waals surface area contributed by atoms with Gasteiger partial charge in [-0.05, 0) is 12.3 Å². The Hall–Kier alpha value is -1.20. The van der Waals surface area contributed by atoms with Crippen molar-refractivity contribution in [2.45, 2.75) is 55.7 Å². The molecular formula is C12H13F7O4S. The molecule has 0 amide bonds. The van der Waals surface area contributed by atoms with Crippen LogP contribution in [0.25, 0.3) is 0 Å². The van der Waals surface area contributed by atoms with Crippen molar-refractivity contribution in [3.8, 4) is 0 Å². The van der Waals surface area contributed by atoms with Crippen LogP contribution in [0.2, 0.25) is 0 Å². The van der Waals surface area contributed by atoms with Crippen molar-refractivity contribution in [3.05, 3.63) is 0 Å². The molecule has 0 N–H and O–H groups in total. The van der Waals surface area contributed by atoms with Gasteiger partial charge in [0.25, 0.3) is 0 Å². The van der Waals surface area contributed by atoms with Crippen LogP contribution in [-0.4, -0.2) is 42.1 Å². The van der Waals surface area contributed by atoms with Crippen LogP contribution in [0.1, 0.15) is 33.6 Å². The number of carbonyl (C=O) groups is 2. The van der Waals surface area contributed by atoms with E-state index in [4.69, 9.17) is 0 Å². The molecule has 1 aliphatic rings. The monoisotopic (exact) mass is 386 g/mol. The van der Waals surface area contributed by atoms with Gasteiger partial charge in [-0.3, -0.25) is 9.59 Å². The zero-order valence-corrected chi connectivity index (χ0v) is 13.4. The molecule has 0 aromatic rings. The van der Waals surface area contributed by atoms with Crippen LogP contribution in [0, 0.1) is 5.41 Å². The fourth-order valence-corrected chi connectivity index (χ4v) is 4.02. The van der Waals surface area contributed by atoms with E-state index < -0.39 is 61.8 Å². The van der Waals surface area contributed by atoms with Gasteiger partial charge in [-0.1, -0.05) is 13.8 Å². The first kappa shape index (κ1) is 20.8. The zero-order chi connectivity index (χ0) is 19.6. The third-order valence-electron chi connectivity index (χ3n) is 3.94. The minimum atomic E-state index is -6.98. The summed E-state index contributed by atoms with van der Waals surface area (Å²) in [5, 5.41) is -6.69. The largest absolute Gasteiger partial charge is 0.461 e. The van der Waals surface area contributed by atoms with Gasteiger partial charge in [-0.15, -0.1) is 0 Å². The highest BCUT2D eigenvalue weighted by atomic mass is 32.2. The van der Waals surface area contributed by atoms with Crippen molar-refractivity contribution < 1.29 is 48.7 Å². The SMILES string of the molecule is CC1(C)CC(=O)C(C)(S(=O)(=O)C(F)(F)C(F)(F)C(F)(F)F)C(=O)C1. The van der Waals surface area contributed by atoms with E-state index in [0.29, 0.717) is 0 Å². The summed E-state index contributed by atoms with van der Waals surface area (Å²) < 4.78 is 110. The highest BCUT2D eigenvalue weighted by Crippen LogP contribution is 2.53. The Morgan fingerprint density at radius 1 is 0.833 bits per heavy atom. The van der Waals surface area contributed by atoms with Gasteiger partial charge < -0.3 is 0 Å². The maximum absolute atomic E-state index is 13.7. The molecule has 1 aliphatic carbocycles. The quantitative estimate of drug-likeness (QED) is 0.553. The van der Waals surface area contributed by atoms with Gasteiger partial charge in [0, 0.05) is 12.8 Å². The molecule has 140 valence electrons. The normalized spacial score (nSPS) is 22.6. The Kier molecular flexibility index (Phi) is 4.47. The van der Waals surface area contributed by atoms with Gasteiger partial charge in [0.1, 0.15) is 0 Å². The van der Waals surface area contributed by atoms with E-state index in [1.807, 2.05) is 0 Å². The second-order valence-electron chi connectivity index (χ2n) is 6.49. The summed E-state index contributed by atoms with van der Waals surface area (Å²) in [6.45, 7) is 2.78. The van der Waals surface area contributed by atoms with Crippen molar-refractivity contribution in [1.82, 2.24) is 0 Å². The van der Waals surface area contributed by atoms with Crippen LogP contribution >= 0.6 is 0 Å². The van der Waals surface area contributed by atoms with Crippen molar-refractivity contribution in [2.24, 2.45) is 5.41 Å². The lowest BCUT2D eigenvalue weighted by atomic mass is 9.71. The first-order valence-corrected chi connectivity index (χ1v) is 7.87. The molecule has 0 unspecified atom stereocenters. The average molecular weight is 386 g/mol. The number of alkyl halides is 7. The van der Waals surface area contributed by atoms with E-state index in [0.717, 1.165) is 0 Å². The minimum Gasteiger partial charge on any atom is -0.297 e. The predicted octanol–water partition coefficient (Wildman–Crippen LogP) is 2.91. The molecule has 0 heterocycles. The van der Waals surface area contributed by atoms with Crippen molar-refractivity contribution >= 4 is 21.4 Å². The molecule has 0 aliphatic heterocycles. The Bertz CT molecular complexity index is 656. The highest BCUT2D eigenvalue weighted by molar-refractivity contribution is 7.95. The lowest BCUT2D eigenvalue weighted by Crippen LogP contribution is -2.66. The summed E-state index contributed by atoms with van der Waals surface area (Å²) in [6, 6.07) is 0. The number of hydrogen-bond donors (Lipinski definition) is 0. The van der Waals surface area contributed by atoms with Crippen molar-refractivity contribution in [3.63, 3.8) is 0 Å². The van der Waals surface area contributed by atoms with Crippen LogP contribution in [0.15, 0.2) is 0 Å². The van der Waals surface area contributed by atoms with Crippen LogP contribution in [0.3, 0.4) is 0 Å². The van der Waals surface area contributed by atoms with E-state index in [1.54, 1.807) is 0 Å². The molecule has 0 radical (unpaired) electrons. The molecule has 1 fully saturated rings. The Morgan fingerprint density at radius 2 is 1.17 bits per heavy atom. The van der Waals surface area contributed by atoms with Gasteiger partial charge in [-0.25, -0.2) is 8.42 Å². The fraction of sp³-hybridized carbons (Fsp3) is 0.833. The molecule has 12 heteroatoms. The maximum atomic E-state index is 13.7. The van der Waals surface area contributed by atoms with Crippen LogP contribution in [-0.2, 0) is 19.4 Å². The Labute approximate surface area is 132 Å². The van der Waals surface area contributed by atoms with Gasteiger partial charge in [0.2, 0.25) is 9.84 Å². The first-order valence-electron chi connectivity index (χ1n) is 6.39. The number of halogens is 7. The number of rotatable bonds is 3. The molecule has 0 atom stereocenters. The number of hydrogen-bond acceptors (Lipinski definition) is 4. The standard InChI is InChI=1S/C12H13F7O4S/c1-8(2)4-6(20)9(3,7(21)5-8)24(22,23)12(18,19)10(13,14)11(15,16)17/h4-5H2,1-3H3. The summed E-state index contributed by atoms with van der Waals surface area (Å²) in [7, 11) is -6.85. The third-order valence-corrected chi connectivity index (χ3v) is 6.40. The van der Waals surface area contributed by atoms with Gasteiger partial charge in [0.15, 0.2) is 16.3 Å². The molecule has 24 heavy (non-hydrogen) atoms. The number of carbonyl (C=O) groups excluding carboxylic acids is 2. The molecule has 0 spiro atoms. The molecule has 0 bridgehead atoms. The van der Waals surface area contributed by atoms with E-state index in [1.165, 1.54) is 13.8 Å². The summed E-state index contributed by atoms with van der Waals surface area (Å²) >= 11 is 0. The van der Waals surface area contributed by atoms with Crippen LogP contribution in [0.4, 0.5) is 30.7 Å². The smallest absolute Gasteiger partial charge is 0.297 e. The van der Waals surface area contributed by atoms with Gasteiger partial charge in [0.05, 0.1) is 0 Å². The fourth-order valence-electron chi connectivity index (χ4n) is 2.31. The number of sulfone groups is 1. The van der Waals surface area contributed by atoms with E-state index in [-0.39, 0.29) is 6.92 Å². The second kappa shape index (κ2) is 5.15. The van der Waals surface area contributed by atoms with E-state index in [2.05, 4.69) is 0 Å². The van der Waals surface area contributed by atoms with Crippen LogP contribution < -0.4 is 0 Å². The lowest BCUT2D eigenvalue weighted by molar-refractivity contribution is -0.332. The molecule has 0 aromatic heterocycles. The lowest BCUT2D eigenvalue weighted by Gasteiger charge is -2.40. The summed E-state index contributed by atoms with van der Waals surface area (Å²) in [6.07, 6.45) is -8.40. The molecule has 1 rings (SSSR count). The van der Waals surface area contributed by atoms with Crippen molar-refractivity contribution in [2.75, 3.05) is 0 Å². The van der Waals surface area contributed by atoms with E-state index >= 15 is 0 Å². The molecule has 0 saturated heterocycles. The maximum Gasteiger partial charge on any atom is 0.461 e. The van der Waals surface area contributed by atoms with Gasteiger partial charge >= 0.3 is 17.4 Å². The first-order chi connectivity index (χ1) is 10.3. The molecule has 4 nitrogen and oxygen atoms in total. The summed E-state index contributed by atoms with van der Waals surface area (Å²) in [5.41, 5.74) is -1.13. The topological polar surface area (TPSA) is 68.3 Å². The van der Waals surface area contributed by atoms with E-state index in [9.17, 15) is 48.7 Å². The second-order valence-corrected chi connectivity index (χ2v) is 8.83. The molecule has 1 saturated carbocycles. The molecular weight excluding hydrogens is 373 g/mol. The highest BCUT2D eigenvalue weighted by Gasteiger charge is 2.82. The summed E-state index contributed by atoms with van der Waals surface area (Å²) in [5.74, 6) is -10.3. The average Bonchev–Trinajstić information content (AvgIpc) is 2.32. The summed E-state index contributed by atoms with van der Waals surface area (Å²) in [4.78, 5) is 23.9. The number of ketones is 2. The van der Waals surface area contributed by atoms with Gasteiger partial charge in [-0.2, -0.15) is 30.7 Å². The molecule has 0 aromatic carbocycles. The number of Topliss-reactive ketones (excluding diaryl/α,β-unsaturated/α-hetero) is 2. The zero-order valence-electron chi connectivity index (χ0n) is 12.6. The van der Waals surface area contributed by atoms with Crippen LogP contribution in [0.5, 0.6) is 0 Å². The minimum absolute atomic E-state index is 0.141. The van der Waals surface area contributed by atoms with Crippen molar-refractivity contribution in [1.29, 1.82) is 0 Å². The Balaban J connectivity index is 3.59.